The number of carboxylic acids is 2. The van der Waals surface area contributed by atoms with E-state index in [4.69, 9.17) is 40.5 Å². The fraction of sp³-hybridized carbons (Fsp3) is 0.143. The van der Waals surface area contributed by atoms with Crippen molar-refractivity contribution >= 4 is 75.4 Å². The Morgan fingerprint density at radius 2 is 2.00 bits per heavy atom. The van der Waals surface area contributed by atoms with Crippen LogP contribution < -0.4 is 0 Å². The van der Waals surface area contributed by atoms with Crippen LogP contribution in [0.2, 0.25) is 10.0 Å². The first-order valence-electron chi connectivity index (χ1n) is 6.38. The minimum Gasteiger partial charge on any atom is -0.481 e. The molecule has 6 nitrogen and oxygen atoms in total. The molecular weight excluding hydrogens is 397 g/mol. The van der Waals surface area contributed by atoms with Crippen LogP contribution in [0.4, 0.5) is 0 Å². The molecule has 2 N–H and O–H groups in total. The summed E-state index contributed by atoms with van der Waals surface area (Å²) in [7, 11) is 0. The quantitative estimate of drug-likeness (QED) is 0.573. The second kappa shape index (κ2) is 7.52. The second-order valence-corrected chi connectivity index (χ2v) is 7.11. The van der Waals surface area contributed by atoms with Gasteiger partial charge < -0.3 is 10.2 Å². The first kappa shape index (κ1) is 18.7. The van der Waals surface area contributed by atoms with Gasteiger partial charge in [-0.25, -0.2) is 4.79 Å². The van der Waals surface area contributed by atoms with Crippen molar-refractivity contribution in [1.29, 1.82) is 0 Å². The van der Waals surface area contributed by atoms with Crippen molar-refractivity contribution in [3.63, 3.8) is 0 Å². The highest BCUT2D eigenvalue weighted by Gasteiger charge is 2.41. The molecule has 1 amide bonds. The lowest BCUT2D eigenvalue weighted by atomic mass is 10.1. The van der Waals surface area contributed by atoms with Gasteiger partial charge >= 0.3 is 11.9 Å². The van der Waals surface area contributed by atoms with Crippen LogP contribution in [0.3, 0.4) is 0 Å². The number of amides is 1. The molecule has 24 heavy (non-hydrogen) atoms. The zero-order chi connectivity index (χ0) is 18.0. The first-order chi connectivity index (χ1) is 11.2. The maximum absolute atomic E-state index is 12.5. The number of hydrogen-bond donors (Lipinski definition) is 2. The predicted molar refractivity (Wildman–Crippen MR) is 95.2 cm³/mol. The van der Waals surface area contributed by atoms with Crippen molar-refractivity contribution in [2.75, 3.05) is 0 Å². The molecule has 2 rings (SSSR count). The van der Waals surface area contributed by atoms with Gasteiger partial charge in [-0.05, 0) is 17.7 Å². The van der Waals surface area contributed by atoms with Gasteiger partial charge in [0, 0.05) is 0 Å². The number of nitrogens with zero attached hydrogens (tertiary/aromatic N) is 1. The Bertz CT molecular complexity index is 780. The van der Waals surface area contributed by atoms with Gasteiger partial charge in [0.15, 0.2) is 0 Å². The molecule has 1 atom stereocenters. The molecule has 1 saturated heterocycles. The molecule has 1 aromatic rings. The van der Waals surface area contributed by atoms with Gasteiger partial charge in [0.2, 0.25) is 0 Å². The number of thioether (sulfide) groups is 1. The Balaban J connectivity index is 2.37. The van der Waals surface area contributed by atoms with Crippen LogP contribution in [0.5, 0.6) is 0 Å². The van der Waals surface area contributed by atoms with Crippen molar-refractivity contribution < 1.29 is 24.6 Å². The van der Waals surface area contributed by atoms with Crippen LogP contribution in [-0.2, 0) is 14.4 Å². The van der Waals surface area contributed by atoms with E-state index in [1.54, 1.807) is 18.2 Å². The monoisotopic (exact) mass is 405 g/mol. The number of thiocarbonyl (C=S) groups is 1. The summed E-state index contributed by atoms with van der Waals surface area (Å²) in [4.78, 5) is 35.5. The van der Waals surface area contributed by atoms with E-state index < -0.39 is 30.3 Å². The first-order valence-corrected chi connectivity index (χ1v) is 8.36. The molecule has 0 bridgehead atoms. The van der Waals surface area contributed by atoms with Crippen molar-refractivity contribution in [2.24, 2.45) is 0 Å². The molecule has 126 valence electrons. The molecule has 1 unspecified atom stereocenters. The van der Waals surface area contributed by atoms with Crippen LogP contribution in [-0.4, -0.2) is 43.3 Å². The third-order valence-electron chi connectivity index (χ3n) is 3.06. The molecule has 10 heteroatoms. The van der Waals surface area contributed by atoms with E-state index in [-0.39, 0.29) is 14.2 Å². The highest BCUT2D eigenvalue weighted by molar-refractivity contribution is 8.26. The number of halogens is 2. The number of rotatable bonds is 5. The zero-order valence-corrected chi connectivity index (χ0v) is 14.9. The van der Waals surface area contributed by atoms with Crippen molar-refractivity contribution in [2.45, 2.75) is 12.5 Å². The number of carbonyl (C=O) groups excluding carboxylic acids is 1. The Hall–Kier alpha value is -1.61. The highest BCUT2D eigenvalue weighted by Crippen LogP contribution is 2.36. The van der Waals surface area contributed by atoms with E-state index in [1.165, 1.54) is 6.08 Å². The molecule has 0 radical (unpaired) electrons. The van der Waals surface area contributed by atoms with Crippen LogP contribution in [0, 0.1) is 0 Å². The lowest BCUT2D eigenvalue weighted by Gasteiger charge is -2.21. The number of hydrogen-bond acceptors (Lipinski definition) is 5. The molecular formula is C14H9Cl2NO5S2. The molecule has 1 heterocycles. The van der Waals surface area contributed by atoms with Gasteiger partial charge in [-0.15, -0.1) is 0 Å². The van der Waals surface area contributed by atoms with Crippen LogP contribution in [0.25, 0.3) is 6.08 Å². The van der Waals surface area contributed by atoms with E-state index in [0.717, 1.165) is 16.7 Å². The summed E-state index contributed by atoms with van der Waals surface area (Å²) in [5, 5.41) is 18.6. The van der Waals surface area contributed by atoms with E-state index in [0.29, 0.717) is 10.6 Å². The summed E-state index contributed by atoms with van der Waals surface area (Å²) >= 11 is 17.9. The Labute approximate surface area is 156 Å². The third-order valence-corrected chi connectivity index (χ3v) is 5.22. The standard InChI is InChI=1S/C14H9Cl2NO5S2/c15-7-3-1-2-6(11(7)16)4-9-12(20)17(14(23)24-9)8(13(21)22)5-10(18)19/h1-4,8H,5H2,(H,18,19)(H,21,22)/b9-4-. The van der Waals surface area contributed by atoms with Crippen LogP contribution in [0.1, 0.15) is 12.0 Å². The molecule has 1 fully saturated rings. The molecule has 0 aliphatic carbocycles. The van der Waals surface area contributed by atoms with E-state index >= 15 is 0 Å². The molecule has 1 aliphatic rings. The average molecular weight is 406 g/mol. The van der Waals surface area contributed by atoms with Gasteiger partial charge in [0.05, 0.1) is 21.4 Å². The maximum atomic E-state index is 12.5. The highest BCUT2D eigenvalue weighted by atomic mass is 35.5. The topological polar surface area (TPSA) is 94.9 Å². The molecule has 0 saturated carbocycles. The summed E-state index contributed by atoms with van der Waals surface area (Å²) in [5.74, 6) is -3.48. The SMILES string of the molecule is O=C(O)CC(C(=O)O)N1C(=O)/C(=C/c2cccc(Cl)c2Cl)SC1=S. The van der Waals surface area contributed by atoms with Crippen LogP contribution >= 0.6 is 47.2 Å². The summed E-state index contributed by atoms with van der Waals surface area (Å²) in [6.45, 7) is 0. The number of carboxylic acid groups (broad SMARTS) is 2. The Morgan fingerprint density at radius 3 is 2.58 bits per heavy atom. The second-order valence-electron chi connectivity index (χ2n) is 4.65. The molecule has 0 spiro atoms. The van der Waals surface area contributed by atoms with E-state index in [9.17, 15) is 19.5 Å². The van der Waals surface area contributed by atoms with Gasteiger partial charge in [-0.3, -0.25) is 14.5 Å². The lowest BCUT2D eigenvalue weighted by molar-refractivity contribution is -0.150. The summed E-state index contributed by atoms with van der Waals surface area (Å²) in [6, 6.07) is 3.29. The summed E-state index contributed by atoms with van der Waals surface area (Å²) in [6.07, 6.45) is 0.681. The minimum atomic E-state index is -1.57. The average Bonchev–Trinajstić information content (AvgIpc) is 2.75. The fourth-order valence-corrected chi connectivity index (χ4v) is 3.69. The summed E-state index contributed by atoms with van der Waals surface area (Å²) in [5.41, 5.74) is 0.467. The zero-order valence-electron chi connectivity index (χ0n) is 11.7. The lowest BCUT2D eigenvalue weighted by Crippen LogP contribution is -2.45. The molecule has 1 aliphatic heterocycles. The largest absolute Gasteiger partial charge is 0.481 e. The van der Waals surface area contributed by atoms with Gasteiger partial charge in [0.25, 0.3) is 5.91 Å². The number of carbonyl (C=O) groups is 3. The van der Waals surface area contributed by atoms with Crippen LogP contribution in [0.15, 0.2) is 23.1 Å². The molecule has 1 aromatic carbocycles. The number of aliphatic carboxylic acids is 2. The number of benzene rings is 1. The maximum Gasteiger partial charge on any atom is 0.327 e. The van der Waals surface area contributed by atoms with E-state index in [2.05, 4.69) is 0 Å². The van der Waals surface area contributed by atoms with Crippen molar-refractivity contribution in [3.05, 3.63) is 38.7 Å². The van der Waals surface area contributed by atoms with Crippen molar-refractivity contribution in [1.82, 2.24) is 4.90 Å². The molecule has 0 aromatic heterocycles. The van der Waals surface area contributed by atoms with Gasteiger partial charge in [-0.2, -0.15) is 0 Å². The predicted octanol–water partition coefficient (Wildman–Crippen LogP) is 3.12. The normalized spacial score (nSPS) is 17.4. The smallest absolute Gasteiger partial charge is 0.327 e. The van der Waals surface area contributed by atoms with E-state index in [1.807, 2.05) is 0 Å². The minimum absolute atomic E-state index is 0.0296. The van der Waals surface area contributed by atoms with Gasteiger partial charge in [-0.1, -0.05) is 59.3 Å². The third kappa shape index (κ3) is 3.89. The fourth-order valence-electron chi connectivity index (χ4n) is 1.98. The van der Waals surface area contributed by atoms with Crippen molar-refractivity contribution in [3.8, 4) is 0 Å². The summed E-state index contributed by atoms with van der Waals surface area (Å²) < 4.78 is -0.0296. The Morgan fingerprint density at radius 1 is 1.33 bits per heavy atom. The van der Waals surface area contributed by atoms with Gasteiger partial charge in [0.1, 0.15) is 10.4 Å². The Kier molecular flexibility index (Phi) is 5.87.